The largest absolute Gasteiger partial charge is 0.508 e. The number of rotatable bonds is 9. The number of carbonyl (C=O) groups excluding carboxylic acids is 2. The van der Waals surface area contributed by atoms with Crippen molar-refractivity contribution in [2.45, 2.75) is 32.6 Å². The first-order valence-corrected chi connectivity index (χ1v) is 7.78. The summed E-state index contributed by atoms with van der Waals surface area (Å²) in [6.07, 6.45) is 3.22. The number of aromatic hydroxyl groups is 1. The van der Waals surface area contributed by atoms with Crippen molar-refractivity contribution in [3.8, 4) is 5.75 Å². The van der Waals surface area contributed by atoms with Gasteiger partial charge in [-0.25, -0.2) is 9.59 Å². The van der Waals surface area contributed by atoms with Gasteiger partial charge in [0.15, 0.2) is 0 Å². The van der Waals surface area contributed by atoms with Crippen LogP contribution >= 0.6 is 11.6 Å². The average Bonchev–Trinajstić information content (AvgIpc) is 2.49. The van der Waals surface area contributed by atoms with Gasteiger partial charge in [-0.05, 0) is 50.8 Å². The first-order chi connectivity index (χ1) is 10.9. The first-order valence-electron chi connectivity index (χ1n) is 7.40. The van der Waals surface area contributed by atoms with Crippen LogP contribution in [0.15, 0.2) is 30.4 Å². The summed E-state index contributed by atoms with van der Waals surface area (Å²) >= 11 is 5.86. The minimum absolute atomic E-state index is 0.00102. The molecular formula is C17H21ClO5. The smallest absolute Gasteiger partial charge is 0.339 e. The van der Waals surface area contributed by atoms with E-state index >= 15 is 0 Å². The Morgan fingerprint density at radius 2 is 1.74 bits per heavy atom. The van der Waals surface area contributed by atoms with Gasteiger partial charge in [0, 0.05) is 5.57 Å². The van der Waals surface area contributed by atoms with Crippen molar-refractivity contribution in [1.82, 2.24) is 0 Å². The summed E-state index contributed by atoms with van der Waals surface area (Å²) in [5, 5.41) is 9.39. The lowest BCUT2D eigenvalue weighted by atomic mass is 10.2. The van der Waals surface area contributed by atoms with Gasteiger partial charge < -0.3 is 14.6 Å². The van der Waals surface area contributed by atoms with Crippen LogP contribution in [-0.2, 0) is 14.3 Å². The molecule has 1 aromatic rings. The maximum atomic E-state index is 11.8. The molecule has 0 aliphatic carbocycles. The molecule has 0 fully saturated rings. The van der Waals surface area contributed by atoms with Crippen LogP contribution in [-0.4, -0.2) is 30.3 Å². The molecule has 0 saturated carbocycles. The highest BCUT2D eigenvalue weighted by atomic mass is 35.5. The predicted octanol–water partition coefficient (Wildman–Crippen LogP) is 3.88. The van der Waals surface area contributed by atoms with Crippen LogP contribution in [0.1, 0.15) is 43.0 Å². The van der Waals surface area contributed by atoms with Crippen molar-refractivity contribution in [1.29, 1.82) is 0 Å². The zero-order valence-electron chi connectivity index (χ0n) is 13.1. The Balaban J connectivity index is 2.12. The molecular weight excluding hydrogens is 320 g/mol. The second-order valence-corrected chi connectivity index (χ2v) is 5.54. The maximum absolute atomic E-state index is 11.8. The summed E-state index contributed by atoms with van der Waals surface area (Å²) in [5.74, 6) is -0.881. The van der Waals surface area contributed by atoms with Crippen molar-refractivity contribution in [3.63, 3.8) is 0 Å². The fourth-order valence-electron chi connectivity index (χ4n) is 1.76. The van der Waals surface area contributed by atoms with Crippen LogP contribution in [0.3, 0.4) is 0 Å². The molecule has 0 aliphatic rings. The zero-order chi connectivity index (χ0) is 17.2. The Bertz CT molecular complexity index is 568. The molecule has 126 valence electrons. The fourth-order valence-corrected chi connectivity index (χ4v) is 2.01. The number of ether oxygens (including phenoxy) is 2. The van der Waals surface area contributed by atoms with E-state index in [1.165, 1.54) is 18.2 Å². The van der Waals surface area contributed by atoms with E-state index < -0.39 is 5.97 Å². The van der Waals surface area contributed by atoms with Crippen LogP contribution < -0.4 is 0 Å². The molecule has 0 aliphatic heterocycles. The van der Waals surface area contributed by atoms with Crippen molar-refractivity contribution in [3.05, 3.63) is 40.9 Å². The van der Waals surface area contributed by atoms with E-state index in [1.807, 2.05) is 0 Å². The van der Waals surface area contributed by atoms with Gasteiger partial charge in [-0.2, -0.15) is 0 Å². The molecule has 0 bridgehead atoms. The van der Waals surface area contributed by atoms with Crippen LogP contribution in [0.4, 0.5) is 0 Å². The number of unbranched alkanes of at least 4 members (excludes halogenated alkanes) is 3. The lowest BCUT2D eigenvalue weighted by Crippen LogP contribution is -2.07. The van der Waals surface area contributed by atoms with Crippen molar-refractivity contribution in [2.75, 3.05) is 13.2 Å². The molecule has 6 heteroatoms. The Labute approximate surface area is 140 Å². The molecule has 1 aromatic carbocycles. The molecule has 1 rings (SSSR count). The molecule has 0 radical (unpaired) electrons. The summed E-state index contributed by atoms with van der Waals surface area (Å²) in [6, 6.07) is 4.11. The van der Waals surface area contributed by atoms with Crippen molar-refractivity contribution < 1.29 is 24.2 Å². The minimum atomic E-state index is -0.509. The molecule has 0 spiro atoms. The van der Waals surface area contributed by atoms with Crippen LogP contribution in [0.5, 0.6) is 5.75 Å². The Hall–Kier alpha value is -2.01. The van der Waals surface area contributed by atoms with E-state index in [0.29, 0.717) is 18.8 Å². The highest BCUT2D eigenvalue weighted by Gasteiger charge is 2.12. The minimum Gasteiger partial charge on any atom is -0.508 e. The molecule has 1 N–H and O–H groups in total. The number of halogens is 1. The Kier molecular flexibility index (Phi) is 8.19. The standard InChI is InChI=1S/C17H21ClO5/c1-12(2)16(20)22-9-5-3-4-6-10-23-17(21)14-8-7-13(19)11-15(14)18/h7-8,11,19H,1,3-6,9-10H2,2H3. The van der Waals surface area contributed by atoms with E-state index in [1.54, 1.807) is 6.92 Å². The number of hydrogen-bond donors (Lipinski definition) is 1. The van der Waals surface area contributed by atoms with E-state index in [0.717, 1.165) is 25.7 Å². The number of hydrogen-bond acceptors (Lipinski definition) is 5. The Morgan fingerprint density at radius 3 is 2.30 bits per heavy atom. The first kappa shape index (κ1) is 19.0. The third-order valence-electron chi connectivity index (χ3n) is 3.03. The summed E-state index contributed by atoms with van der Waals surface area (Å²) < 4.78 is 10.1. The highest BCUT2D eigenvalue weighted by Crippen LogP contribution is 2.22. The Morgan fingerprint density at radius 1 is 1.13 bits per heavy atom. The SMILES string of the molecule is C=C(C)C(=O)OCCCCCCOC(=O)c1ccc(O)cc1Cl. The van der Waals surface area contributed by atoms with Gasteiger partial charge in [0.25, 0.3) is 0 Å². The number of benzene rings is 1. The van der Waals surface area contributed by atoms with Crippen LogP contribution in [0.2, 0.25) is 5.02 Å². The lowest BCUT2D eigenvalue weighted by molar-refractivity contribution is -0.139. The van der Waals surface area contributed by atoms with E-state index in [2.05, 4.69) is 6.58 Å². The number of esters is 2. The second kappa shape index (κ2) is 9.90. The zero-order valence-corrected chi connectivity index (χ0v) is 13.9. The number of carbonyl (C=O) groups is 2. The molecule has 0 heterocycles. The van der Waals surface area contributed by atoms with Gasteiger partial charge >= 0.3 is 11.9 Å². The van der Waals surface area contributed by atoms with E-state index in [9.17, 15) is 14.7 Å². The molecule has 0 aromatic heterocycles. The normalized spacial score (nSPS) is 10.2. The van der Waals surface area contributed by atoms with Gasteiger partial charge in [-0.15, -0.1) is 0 Å². The summed E-state index contributed by atoms with van der Waals surface area (Å²) in [7, 11) is 0. The summed E-state index contributed by atoms with van der Waals surface area (Å²) in [5.41, 5.74) is 0.626. The highest BCUT2D eigenvalue weighted by molar-refractivity contribution is 6.33. The van der Waals surface area contributed by atoms with Gasteiger partial charge in [-0.3, -0.25) is 0 Å². The third kappa shape index (κ3) is 7.19. The van der Waals surface area contributed by atoms with Gasteiger partial charge in [0.1, 0.15) is 5.75 Å². The topological polar surface area (TPSA) is 72.8 Å². The summed E-state index contributed by atoms with van der Waals surface area (Å²) in [6.45, 7) is 5.77. The second-order valence-electron chi connectivity index (χ2n) is 5.13. The molecule has 0 unspecified atom stereocenters. The maximum Gasteiger partial charge on any atom is 0.339 e. The number of phenolic OH excluding ortho intramolecular Hbond substituents is 1. The van der Waals surface area contributed by atoms with Gasteiger partial charge in [-0.1, -0.05) is 18.2 Å². The van der Waals surface area contributed by atoms with Crippen molar-refractivity contribution in [2.24, 2.45) is 0 Å². The molecule has 0 atom stereocenters. The average molecular weight is 341 g/mol. The quantitative estimate of drug-likeness (QED) is 0.419. The van der Waals surface area contributed by atoms with Gasteiger partial charge in [0.05, 0.1) is 23.8 Å². The third-order valence-corrected chi connectivity index (χ3v) is 3.34. The summed E-state index contributed by atoms with van der Waals surface area (Å²) in [4.78, 5) is 22.9. The molecule has 0 saturated heterocycles. The van der Waals surface area contributed by atoms with Crippen molar-refractivity contribution >= 4 is 23.5 Å². The van der Waals surface area contributed by atoms with Gasteiger partial charge in [0.2, 0.25) is 0 Å². The molecule has 0 amide bonds. The monoisotopic (exact) mass is 340 g/mol. The molecule has 23 heavy (non-hydrogen) atoms. The molecule has 5 nitrogen and oxygen atoms in total. The van der Waals surface area contributed by atoms with Crippen LogP contribution in [0, 0.1) is 0 Å². The van der Waals surface area contributed by atoms with Crippen LogP contribution in [0.25, 0.3) is 0 Å². The predicted molar refractivity (Wildman–Crippen MR) is 87.6 cm³/mol. The number of phenols is 1. The van der Waals surface area contributed by atoms with E-state index in [-0.39, 0.29) is 22.3 Å². The lowest BCUT2D eigenvalue weighted by Gasteiger charge is -2.07. The van der Waals surface area contributed by atoms with E-state index in [4.69, 9.17) is 21.1 Å². The fraction of sp³-hybridized carbons (Fsp3) is 0.412.